The van der Waals surface area contributed by atoms with Gasteiger partial charge in [-0.05, 0) is 19.1 Å². The van der Waals surface area contributed by atoms with Gasteiger partial charge in [0.05, 0.1) is 25.4 Å². The Morgan fingerprint density at radius 1 is 1.18 bits per heavy atom. The maximum Gasteiger partial charge on any atom is 0.203 e. The van der Waals surface area contributed by atoms with Crippen molar-refractivity contribution in [1.29, 1.82) is 0 Å². The number of hydrogen-bond donors (Lipinski definition) is 0. The molecule has 0 spiro atoms. The lowest BCUT2D eigenvalue weighted by Gasteiger charge is -2.29. The number of halogens is 1. The van der Waals surface area contributed by atoms with E-state index in [0.29, 0.717) is 19.8 Å². The van der Waals surface area contributed by atoms with Gasteiger partial charge in [0.1, 0.15) is 5.82 Å². The van der Waals surface area contributed by atoms with Crippen LogP contribution in [0.15, 0.2) is 23.2 Å². The zero-order valence-electron chi connectivity index (χ0n) is 12.3. The summed E-state index contributed by atoms with van der Waals surface area (Å²) >= 11 is 6.38. The minimum Gasteiger partial charge on any atom is -0.378 e. The molecule has 0 atom stereocenters. The van der Waals surface area contributed by atoms with Gasteiger partial charge in [-0.3, -0.25) is 9.56 Å². The second-order valence-corrected chi connectivity index (χ2v) is 5.79. The van der Waals surface area contributed by atoms with E-state index >= 15 is 0 Å². The maximum absolute atomic E-state index is 6.38. The summed E-state index contributed by atoms with van der Waals surface area (Å²) in [5.74, 6) is 2.48. The third kappa shape index (κ3) is 2.10. The van der Waals surface area contributed by atoms with Crippen molar-refractivity contribution in [3.05, 3.63) is 40.4 Å². The number of nitrogens with zero attached hydrogens (tertiary/aromatic N) is 5. The number of ether oxygens (including phenoxy) is 1. The molecule has 0 N–H and O–H groups in total. The molecule has 0 radical (unpaired) electrons. The molecule has 6 nitrogen and oxygen atoms in total. The van der Waals surface area contributed by atoms with Crippen LogP contribution in [-0.4, -0.2) is 51.8 Å². The SMILES string of the molecule is Cc1nnc2n1-c1cccc(Cl)c1CN=C2N1CCOCC1. The van der Waals surface area contributed by atoms with Gasteiger partial charge in [-0.15, -0.1) is 10.2 Å². The summed E-state index contributed by atoms with van der Waals surface area (Å²) in [5.41, 5.74) is 2.02. The summed E-state index contributed by atoms with van der Waals surface area (Å²) in [6.07, 6.45) is 0. The monoisotopic (exact) mass is 317 g/mol. The van der Waals surface area contributed by atoms with Crippen LogP contribution in [0.5, 0.6) is 0 Å². The number of aromatic nitrogens is 3. The summed E-state index contributed by atoms with van der Waals surface area (Å²) in [7, 11) is 0. The Labute approximate surface area is 133 Å². The lowest BCUT2D eigenvalue weighted by molar-refractivity contribution is 0.0679. The van der Waals surface area contributed by atoms with Gasteiger partial charge in [0.15, 0.2) is 5.84 Å². The molecule has 7 heteroatoms. The van der Waals surface area contributed by atoms with Gasteiger partial charge in [0.25, 0.3) is 0 Å². The molecule has 2 aliphatic rings. The van der Waals surface area contributed by atoms with E-state index in [1.54, 1.807) is 0 Å². The normalized spacial score (nSPS) is 17.5. The van der Waals surface area contributed by atoms with Crippen LogP contribution in [0.25, 0.3) is 5.69 Å². The van der Waals surface area contributed by atoms with Gasteiger partial charge in [-0.25, -0.2) is 0 Å². The smallest absolute Gasteiger partial charge is 0.203 e. The highest BCUT2D eigenvalue weighted by atomic mass is 35.5. The van der Waals surface area contributed by atoms with E-state index < -0.39 is 0 Å². The van der Waals surface area contributed by atoms with Crippen molar-refractivity contribution in [2.24, 2.45) is 4.99 Å². The molecule has 22 heavy (non-hydrogen) atoms. The predicted molar refractivity (Wildman–Crippen MR) is 83.7 cm³/mol. The molecule has 1 fully saturated rings. The van der Waals surface area contributed by atoms with Crippen LogP contribution in [0.1, 0.15) is 17.2 Å². The van der Waals surface area contributed by atoms with E-state index in [9.17, 15) is 0 Å². The summed E-state index contributed by atoms with van der Waals surface area (Å²) in [6, 6.07) is 5.89. The average molecular weight is 318 g/mol. The highest BCUT2D eigenvalue weighted by molar-refractivity contribution is 6.31. The Morgan fingerprint density at radius 2 is 2.00 bits per heavy atom. The van der Waals surface area contributed by atoms with Gasteiger partial charge in [-0.2, -0.15) is 0 Å². The number of aryl methyl sites for hydroxylation is 1. The number of hydrogen-bond acceptors (Lipinski definition) is 5. The Hall–Kier alpha value is -1.92. The fourth-order valence-electron chi connectivity index (χ4n) is 2.95. The molecule has 2 aliphatic heterocycles. The Balaban J connectivity index is 1.89. The topological polar surface area (TPSA) is 55.5 Å². The van der Waals surface area contributed by atoms with Gasteiger partial charge in [0.2, 0.25) is 5.82 Å². The number of benzene rings is 1. The van der Waals surface area contributed by atoms with Crippen LogP contribution in [0, 0.1) is 6.92 Å². The highest BCUT2D eigenvalue weighted by Gasteiger charge is 2.27. The van der Waals surface area contributed by atoms with E-state index in [-0.39, 0.29) is 0 Å². The summed E-state index contributed by atoms with van der Waals surface area (Å²) < 4.78 is 7.48. The summed E-state index contributed by atoms with van der Waals surface area (Å²) in [6.45, 7) is 5.54. The van der Waals surface area contributed by atoms with E-state index in [1.807, 2.05) is 29.7 Å². The molecule has 3 heterocycles. The van der Waals surface area contributed by atoms with Crippen molar-refractivity contribution >= 4 is 17.4 Å². The lowest BCUT2D eigenvalue weighted by Crippen LogP contribution is -2.42. The first-order valence-corrected chi connectivity index (χ1v) is 7.71. The number of fused-ring (bicyclic) bond motifs is 3. The fraction of sp³-hybridized carbons (Fsp3) is 0.400. The molecule has 0 bridgehead atoms. The number of rotatable bonds is 0. The zero-order chi connectivity index (χ0) is 15.1. The molecule has 4 rings (SSSR count). The molecule has 0 aliphatic carbocycles. The molecular formula is C15H16ClN5O. The molecule has 0 amide bonds. The molecule has 1 aromatic heterocycles. The van der Waals surface area contributed by atoms with Crippen molar-refractivity contribution in [3.8, 4) is 5.69 Å². The molecule has 0 unspecified atom stereocenters. The van der Waals surface area contributed by atoms with E-state index in [2.05, 4.69) is 15.1 Å². The Bertz CT molecular complexity index is 748. The molecule has 114 valence electrons. The zero-order valence-corrected chi connectivity index (χ0v) is 13.0. The van der Waals surface area contributed by atoms with Crippen molar-refractivity contribution in [3.63, 3.8) is 0 Å². The van der Waals surface area contributed by atoms with Crippen LogP contribution in [0.2, 0.25) is 5.02 Å². The number of morpholine rings is 1. The first kappa shape index (κ1) is 13.7. The van der Waals surface area contributed by atoms with Gasteiger partial charge >= 0.3 is 0 Å². The third-order valence-electron chi connectivity index (χ3n) is 4.06. The predicted octanol–water partition coefficient (Wildman–Crippen LogP) is 1.82. The molecule has 0 saturated carbocycles. The quantitative estimate of drug-likeness (QED) is 0.744. The second kappa shape index (κ2) is 5.37. The maximum atomic E-state index is 6.38. The van der Waals surface area contributed by atoms with Crippen LogP contribution in [0.4, 0.5) is 0 Å². The molecular weight excluding hydrogens is 302 g/mol. The van der Waals surface area contributed by atoms with E-state index in [4.69, 9.17) is 21.3 Å². The van der Waals surface area contributed by atoms with E-state index in [1.165, 1.54) is 0 Å². The van der Waals surface area contributed by atoms with E-state index in [0.717, 1.165) is 46.8 Å². The molecule has 1 aromatic carbocycles. The summed E-state index contributed by atoms with van der Waals surface area (Å²) in [5, 5.41) is 9.33. The highest BCUT2D eigenvalue weighted by Crippen LogP contribution is 2.29. The van der Waals surface area contributed by atoms with Crippen molar-refractivity contribution in [2.45, 2.75) is 13.5 Å². The number of aliphatic imine (C=N–C) groups is 1. The van der Waals surface area contributed by atoms with Crippen LogP contribution in [-0.2, 0) is 11.3 Å². The fourth-order valence-corrected chi connectivity index (χ4v) is 3.18. The first-order valence-electron chi connectivity index (χ1n) is 7.33. The Kier molecular flexibility index (Phi) is 3.35. The minimum atomic E-state index is 0.546. The lowest BCUT2D eigenvalue weighted by atomic mass is 10.1. The molecule has 1 saturated heterocycles. The van der Waals surface area contributed by atoms with Crippen LogP contribution in [0.3, 0.4) is 0 Å². The van der Waals surface area contributed by atoms with Crippen molar-refractivity contribution < 1.29 is 4.74 Å². The second-order valence-electron chi connectivity index (χ2n) is 5.38. The molecule has 2 aromatic rings. The summed E-state index contributed by atoms with van der Waals surface area (Å²) in [4.78, 5) is 6.99. The first-order chi connectivity index (χ1) is 10.8. The van der Waals surface area contributed by atoms with Crippen molar-refractivity contribution in [2.75, 3.05) is 26.3 Å². The number of amidine groups is 1. The average Bonchev–Trinajstić information content (AvgIpc) is 2.82. The van der Waals surface area contributed by atoms with Gasteiger partial charge in [-0.1, -0.05) is 17.7 Å². The Morgan fingerprint density at radius 3 is 2.82 bits per heavy atom. The van der Waals surface area contributed by atoms with Crippen LogP contribution < -0.4 is 0 Å². The third-order valence-corrected chi connectivity index (χ3v) is 4.41. The van der Waals surface area contributed by atoms with Crippen LogP contribution >= 0.6 is 11.6 Å². The minimum absolute atomic E-state index is 0.546. The van der Waals surface area contributed by atoms with Gasteiger partial charge in [0, 0.05) is 23.7 Å². The largest absolute Gasteiger partial charge is 0.378 e. The van der Waals surface area contributed by atoms with Crippen molar-refractivity contribution in [1.82, 2.24) is 19.7 Å². The standard InChI is InChI=1S/C15H16ClN5O/c1-10-18-19-15-14(20-5-7-22-8-6-20)17-9-11-12(16)3-2-4-13(11)21(10)15/h2-4H,5-9H2,1H3. The van der Waals surface area contributed by atoms with Gasteiger partial charge < -0.3 is 9.64 Å².